The van der Waals surface area contributed by atoms with E-state index in [-0.39, 0.29) is 76.1 Å². The Morgan fingerprint density at radius 1 is 1.09 bits per heavy atom. The van der Waals surface area contributed by atoms with Gasteiger partial charge in [0, 0.05) is 39.5 Å². The number of aliphatic hydroxyl groups is 1. The number of sulfone groups is 1. The van der Waals surface area contributed by atoms with Crippen LogP contribution in [0.5, 0.6) is 11.9 Å². The van der Waals surface area contributed by atoms with E-state index in [4.69, 9.17) is 40.8 Å². The van der Waals surface area contributed by atoms with E-state index in [1.165, 1.54) is 7.11 Å². The quantitative estimate of drug-likeness (QED) is 0.221. The Balaban J connectivity index is 1.16. The number of piperidine rings is 1. The van der Waals surface area contributed by atoms with Gasteiger partial charge in [-0.25, -0.2) is 17.8 Å². The van der Waals surface area contributed by atoms with Gasteiger partial charge in [-0.1, -0.05) is 18.0 Å². The number of ether oxygens (including phenoxy) is 3. The van der Waals surface area contributed by atoms with Gasteiger partial charge in [0.05, 0.1) is 56.7 Å². The summed E-state index contributed by atoms with van der Waals surface area (Å²) in [7, 11) is -1.50. The fraction of sp³-hybridized carbons (Fsp3) is 0.641. The smallest absolute Gasteiger partial charge is 0.319 e. The zero-order valence-corrected chi connectivity index (χ0v) is 33.2. The van der Waals surface area contributed by atoms with Crippen LogP contribution in [0, 0.1) is 11.2 Å². The zero-order valence-electron chi connectivity index (χ0n) is 31.7. The number of aromatic amines is 1. The molecule has 0 amide bonds. The van der Waals surface area contributed by atoms with Crippen LogP contribution in [0.2, 0.25) is 5.02 Å². The zero-order chi connectivity index (χ0) is 38.3. The van der Waals surface area contributed by atoms with Crippen molar-refractivity contribution in [2.45, 2.75) is 94.7 Å². The molecule has 0 radical (unpaired) electrons. The van der Waals surface area contributed by atoms with Crippen LogP contribution in [0.4, 0.5) is 10.2 Å². The molecule has 6 heterocycles. The largest absolute Gasteiger partial charge is 0.480 e. The van der Waals surface area contributed by atoms with E-state index in [0.29, 0.717) is 59.9 Å². The number of nitrogens with zero attached hydrogens (tertiary/aromatic N) is 6. The molecule has 1 aromatic carbocycles. The lowest BCUT2D eigenvalue weighted by atomic mass is 9.66. The lowest BCUT2D eigenvalue weighted by molar-refractivity contribution is -0.0883. The van der Waals surface area contributed by atoms with Gasteiger partial charge in [0.15, 0.2) is 5.82 Å². The highest BCUT2D eigenvalue weighted by Gasteiger charge is 2.58. The molecule has 5 aliphatic rings. The summed E-state index contributed by atoms with van der Waals surface area (Å²) in [6.45, 7) is 6.25. The SMILES string of the molecule is COc1nc(-c2c(C3CC3)c(Cl)cc3[nH]ncc23)c(F)c2nc(OC[C@@]34CCCN(C5CCS(=O)(=O)CC5)[C@]3(C)CCC4)nc(N3CCOC[C@@](C)(O)C3)c12. The maximum atomic E-state index is 17.6. The summed E-state index contributed by atoms with van der Waals surface area (Å²) in [6.07, 6.45) is 9.71. The van der Waals surface area contributed by atoms with Gasteiger partial charge in [-0.05, 0) is 89.3 Å². The van der Waals surface area contributed by atoms with Crippen LogP contribution >= 0.6 is 11.6 Å². The fourth-order valence-corrected chi connectivity index (χ4v) is 12.1. The number of fused-ring (bicyclic) bond motifs is 3. The Morgan fingerprint density at radius 3 is 2.64 bits per heavy atom. The van der Waals surface area contributed by atoms with Crippen molar-refractivity contribution in [3.05, 3.63) is 28.7 Å². The van der Waals surface area contributed by atoms with Crippen molar-refractivity contribution < 1.29 is 32.1 Å². The van der Waals surface area contributed by atoms with Crippen molar-refractivity contribution in [3.8, 4) is 23.1 Å². The number of likely N-dealkylation sites (tertiary alicyclic amines) is 1. The molecule has 0 spiro atoms. The normalized spacial score (nSPS) is 29.1. The van der Waals surface area contributed by atoms with Crippen LogP contribution in [0.15, 0.2) is 12.3 Å². The third-order valence-electron chi connectivity index (χ3n) is 13.2. The van der Waals surface area contributed by atoms with Gasteiger partial charge in [-0.15, -0.1) is 0 Å². The summed E-state index contributed by atoms with van der Waals surface area (Å²) in [5.74, 6) is 0.431. The van der Waals surface area contributed by atoms with Crippen LogP contribution in [0.3, 0.4) is 0 Å². The first-order valence-electron chi connectivity index (χ1n) is 19.6. The monoisotopic (exact) mass is 797 g/mol. The number of β-amino-alcohol motifs (C(OH)–C–C–N with tert-alkyl or cyclic N) is 1. The molecule has 9 rings (SSSR count). The maximum Gasteiger partial charge on any atom is 0.319 e. The van der Waals surface area contributed by atoms with Gasteiger partial charge in [-0.2, -0.15) is 15.1 Å². The van der Waals surface area contributed by atoms with Crippen molar-refractivity contribution in [1.82, 2.24) is 30.0 Å². The number of methoxy groups -OCH3 is 1. The van der Waals surface area contributed by atoms with Crippen molar-refractivity contribution in [3.63, 3.8) is 0 Å². The second-order valence-electron chi connectivity index (χ2n) is 16.9. The number of pyridine rings is 1. The Morgan fingerprint density at radius 2 is 1.87 bits per heavy atom. The van der Waals surface area contributed by atoms with Crippen molar-refractivity contribution in [1.29, 1.82) is 0 Å². The summed E-state index contributed by atoms with van der Waals surface area (Å²) in [4.78, 5) is 19.1. The standard InChI is InChI=1S/C39H49ClFN7O6S/c1-37(49)20-47(14-15-53-21-37)34-30-33(31(41)32(43-35(30)52-3)29-25-19-42-46-27(25)18-26(40)28(29)23-6-7-23)44-36(45-34)54-22-39-11-4-10-38(39,2)48(13-5-12-39)24-8-16-55(50,51)17-9-24/h18-19,23-24,49H,4-17,20-22H2,1-3H3,(H,42,46)/t37-,38+,39+/m0/s1. The first-order chi connectivity index (χ1) is 26.3. The van der Waals surface area contributed by atoms with Crippen LogP contribution in [-0.4, -0.2) is 119 Å². The van der Waals surface area contributed by atoms with Gasteiger partial charge < -0.3 is 24.2 Å². The van der Waals surface area contributed by atoms with E-state index >= 15 is 4.39 Å². The molecule has 3 saturated heterocycles. The lowest BCUT2D eigenvalue weighted by Gasteiger charge is -2.57. The molecular formula is C39H49ClFN7O6S. The predicted molar refractivity (Wildman–Crippen MR) is 207 cm³/mol. The van der Waals surface area contributed by atoms with Gasteiger partial charge in [0.2, 0.25) is 5.88 Å². The summed E-state index contributed by atoms with van der Waals surface area (Å²) < 4.78 is 60.6. The van der Waals surface area contributed by atoms with Crippen molar-refractivity contribution in [2.75, 3.05) is 63.0 Å². The second kappa shape index (κ2) is 13.6. The number of halogens is 2. The topological polar surface area (TPSA) is 156 Å². The minimum atomic E-state index is -2.99. The molecule has 3 atom stereocenters. The number of H-pyrrole nitrogens is 1. The van der Waals surface area contributed by atoms with E-state index in [0.717, 1.165) is 57.1 Å². The second-order valence-corrected chi connectivity index (χ2v) is 19.6. The van der Waals surface area contributed by atoms with E-state index in [2.05, 4.69) is 22.0 Å². The van der Waals surface area contributed by atoms with E-state index in [1.54, 1.807) is 13.1 Å². The average Bonchev–Trinajstić information content (AvgIpc) is 3.82. The summed E-state index contributed by atoms with van der Waals surface area (Å²) in [5, 5.41) is 20.0. The number of rotatable bonds is 8. The fourth-order valence-electron chi connectivity index (χ4n) is 10.3. The summed E-state index contributed by atoms with van der Waals surface area (Å²) >= 11 is 6.88. The molecule has 0 bridgehead atoms. The van der Waals surface area contributed by atoms with Gasteiger partial charge in [-0.3, -0.25) is 10.00 Å². The highest BCUT2D eigenvalue weighted by molar-refractivity contribution is 7.91. The molecular weight excluding hydrogens is 749 g/mol. The Bertz CT molecular complexity index is 2260. The molecule has 2 saturated carbocycles. The molecule has 2 aliphatic carbocycles. The molecule has 2 N–H and O–H groups in total. The molecule has 0 unspecified atom stereocenters. The van der Waals surface area contributed by atoms with Crippen LogP contribution in [0.1, 0.15) is 83.1 Å². The van der Waals surface area contributed by atoms with E-state index < -0.39 is 21.3 Å². The third-order valence-corrected chi connectivity index (χ3v) is 15.2. The summed E-state index contributed by atoms with van der Waals surface area (Å²) in [6, 6.07) is 2.06. The minimum absolute atomic E-state index is 0.00889. The van der Waals surface area contributed by atoms with Crippen LogP contribution in [0.25, 0.3) is 33.1 Å². The predicted octanol–water partition coefficient (Wildman–Crippen LogP) is 5.82. The van der Waals surface area contributed by atoms with Crippen molar-refractivity contribution >= 4 is 49.1 Å². The van der Waals surface area contributed by atoms with Crippen molar-refractivity contribution in [2.24, 2.45) is 5.41 Å². The lowest BCUT2D eigenvalue weighted by Crippen LogP contribution is -2.64. The number of hydrogen-bond donors (Lipinski definition) is 2. The van der Waals surface area contributed by atoms with Crippen LogP contribution in [-0.2, 0) is 14.6 Å². The molecule has 5 fully saturated rings. The molecule has 296 valence electrons. The average molecular weight is 798 g/mol. The maximum absolute atomic E-state index is 17.6. The number of aromatic nitrogens is 5. The van der Waals surface area contributed by atoms with Gasteiger partial charge in [0.25, 0.3) is 0 Å². The number of nitrogens with one attached hydrogen (secondary N) is 1. The van der Waals surface area contributed by atoms with Gasteiger partial charge >= 0.3 is 6.01 Å². The highest BCUT2D eigenvalue weighted by Crippen LogP contribution is 2.57. The van der Waals surface area contributed by atoms with Gasteiger partial charge in [0.1, 0.15) is 37.9 Å². The number of benzene rings is 1. The minimum Gasteiger partial charge on any atom is -0.480 e. The molecule has 3 aliphatic heterocycles. The molecule has 55 heavy (non-hydrogen) atoms. The third kappa shape index (κ3) is 6.41. The highest BCUT2D eigenvalue weighted by atomic mass is 35.5. The number of hydrogen-bond acceptors (Lipinski definition) is 12. The number of anilines is 1. The molecule has 16 heteroatoms. The molecule has 13 nitrogen and oxygen atoms in total. The molecule has 3 aromatic heterocycles. The first kappa shape index (κ1) is 37.2. The van der Waals surface area contributed by atoms with E-state index in [9.17, 15) is 13.5 Å². The Kier molecular flexibility index (Phi) is 9.23. The molecule has 4 aromatic rings. The Hall–Kier alpha value is -3.37. The Labute approximate surface area is 325 Å². The first-order valence-corrected chi connectivity index (χ1v) is 21.8. The summed E-state index contributed by atoms with van der Waals surface area (Å²) in [5.41, 5.74) is 0.453. The van der Waals surface area contributed by atoms with Crippen LogP contribution < -0.4 is 14.4 Å². The van der Waals surface area contributed by atoms with E-state index in [1.807, 2.05) is 11.0 Å².